The van der Waals surface area contributed by atoms with Crippen LogP contribution < -0.4 is 5.56 Å². The van der Waals surface area contributed by atoms with Crippen LogP contribution in [0.2, 0.25) is 0 Å². The van der Waals surface area contributed by atoms with E-state index in [9.17, 15) is 9.90 Å². The second-order valence-electron chi connectivity index (χ2n) is 5.99. The summed E-state index contributed by atoms with van der Waals surface area (Å²) in [5.74, 6) is 0.136. The minimum Gasteiger partial charge on any atom is -0.505 e. The molecule has 0 radical (unpaired) electrons. The van der Waals surface area contributed by atoms with Gasteiger partial charge in [0.1, 0.15) is 5.75 Å². The molecule has 0 bridgehead atoms. The molecule has 0 unspecified atom stereocenters. The molecular formula is C22H17NO2. The van der Waals surface area contributed by atoms with E-state index in [1.165, 1.54) is 0 Å². The van der Waals surface area contributed by atoms with Crippen LogP contribution in [0.4, 0.5) is 0 Å². The average Bonchev–Trinajstić information content (AvgIpc) is 2.68. The largest absolute Gasteiger partial charge is 0.505 e. The molecule has 25 heavy (non-hydrogen) atoms. The fraction of sp³-hybridized carbons (Fsp3) is 0.0455. The summed E-state index contributed by atoms with van der Waals surface area (Å²) in [7, 11) is 0. The maximum atomic E-state index is 13.1. The molecule has 0 aliphatic rings. The minimum atomic E-state index is -0.101. The molecule has 1 N–H and O–H groups in total. The van der Waals surface area contributed by atoms with Crippen molar-refractivity contribution in [2.24, 2.45) is 0 Å². The zero-order valence-electron chi connectivity index (χ0n) is 13.6. The Kier molecular flexibility index (Phi) is 3.82. The summed E-state index contributed by atoms with van der Waals surface area (Å²) >= 11 is 0. The van der Waals surface area contributed by atoms with Gasteiger partial charge in [-0.1, -0.05) is 78.9 Å². The van der Waals surface area contributed by atoms with E-state index >= 15 is 0 Å². The topological polar surface area (TPSA) is 42.2 Å². The Labute approximate surface area is 145 Å². The number of hydrogen-bond acceptors (Lipinski definition) is 2. The van der Waals surface area contributed by atoms with Crippen molar-refractivity contribution in [1.82, 2.24) is 4.57 Å². The van der Waals surface area contributed by atoms with E-state index in [1.807, 2.05) is 72.8 Å². The van der Waals surface area contributed by atoms with Crippen LogP contribution in [0.1, 0.15) is 5.56 Å². The van der Waals surface area contributed by atoms with E-state index < -0.39 is 0 Å². The van der Waals surface area contributed by atoms with Crippen LogP contribution in [0.5, 0.6) is 5.75 Å². The Morgan fingerprint density at radius 1 is 0.720 bits per heavy atom. The van der Waals surface area contributed by atoms with Crippen LogP contribution in [0.25, 0.3) is 22.0 Å². The smallest absolute Gasteiger partial charge is 0.259 e. The van der Waals surface area contributed by atoms with Gasteiger partial charge in [-0.2, -0.15) is 0 Å². The average molecular weight is 327 g/mol. The van der Waals surface area contributed by atoms with E-state index in [0.717, 1.165) is 11.1 Å². The third-order valence-corrected chi connectivity index (χ3v) is 4.38. The van der Waals surface area contributed by atoms with Crippen molar-refractivity contribution in [3.05, 3.63) is 101 Å². The summed E-state index contributed by atoms with van der Waals surface area (Å²) in [5.41, 5.74) is 2.28. The van der Waals surface area contributed by atoms with Crippen LogP contribution >= 0.6 is 0 Å². The van der Waals surface area contributed by atoms with Crippen molar-refractivity contribution in [1.29, 1.82) is 0 Å². The highest BCUT2D eigenvalue weighted by Gasteiger charge is 2.17. The van der Waals surface area contributed by atoms with Crippen LogP contribution in [-0.2, 0) is 6.54 Å². The lowest BCUT2D eigenvalue weighted by atomic mass is 10.0. The maximum absolute atomic E-state index is 13.1. The third kappa shape index (κ3) is 2.70. The molecule has 0 fully saturated rings. The molecule has 0 aliphatic carbocycles. The zero-order chi connectivity index (χ0) is 17.2. The van der Waals surface area contributed by atoms with Crippen LogP contribution in [0.3, 0.4) is 0 Å². The summed E-state index contributed by atoms with van der Waals surface area (Å²) in [6.45, 7) is 0.405. The quantitative estimate of drug-likeness (QED) is 0.605. The molecule has 122 valence electrons. The van der Waals surface area contributed by atoms with Crippen LogP contribution in [-0.4, -0.2) is 9.67 Å². The second kappa shape index (κ2) is 6.29. The SMILES string of the molecule is O=c1c2ccccc2c(O)c(-c2ccccc2)n1Cc1ccccc1. The van der Waals surface area contributed by atoms with Gasteiger partial charge in [-0.15, -0.1) is 0 Å². The summed E-state index contributed by atoms with van der Waals surface area (Å²) in [6, 6.07) is 26.5. The van der Waals surface area contributed by atoms with Gasteiger partial charge in [0.25, 0.3) is 5.56 Å². The summed E-state index contributed by atoms with van der Waals surface area (Å²) < 4.78 is 1.66. The number of aromatic hydroxyl groups is 1. The lowest BCUT2D eigenvalue weighted by Crippen LogP contribution is -2.23. The Morgan fingerprint density at radius 2 is 1.28 bits per heavy atom. The first kappa shape index (κ1) is 15.2. The molecule has 4 rings (SSSR count). The van der Waals surface area contributed by atoms with E-state index in [-0.39, 0.29) is 11.3 Å². The van der Waals surface area contributed by atoms with Crippen molar-refractivity contribution in [2.75, 3.05) is 0 Å². The molecule has 0 spiro atoms. The molecule has 0 saturated carbocycles. The Bertz CT molecular complexity index is 1080. The molecule has 0 saturated heterocycles. The first-order valence-electron chi connectivity index (χ1n) is 8.19. The fourth-order valence-electron chi connectivity index (χ4n) is 3.18. The number of benzene rings is 3. The second-order valence-corrected chi connectivity index (χ2v) is 5.99. The number of aromatic nitrogens is 1. The van der Waals surface area contributed by atoms with Gasteiger partial charge in [-0.05, 0) is 11.6 Å². The lowest BCUT2D eigenvalue weighted by molar-refractivity contribution is 0.476. The molecular weight excluding hydrogens is 310 g/mol. The summed E-state index contributed by atoms with van der Waals surface area (Å²) in [5, 5.41) is 12.0. The van der Waals surface area contributed by atoms with Crippen molar-refractivity contribution < 1.29 is 5.11 Å². The normalized spacial score (nSPS) is 10.9. The molecule has 3 nitrogen and oxygen atoms in total. The number of nitrogens with zero attached hydrogens (tertiary/aromatic N) is 1. The number of pyridine rings is 1. The first-order valence-corrected chi connectivity index (χ1v) is 8.19. The highest BCUT2D eigenvalue weighted by atomic mass is 16.3. The maximum Gasteiger partial charge on any atom is 0.259 e. The minimum absolute atomic E-state index is 0.101. The molecule has 0 atom stereocenters. The highest BCUT2D eigenvalue weighted by Crippen LogP contribution is 2.34. The van der Waals surface area contributed by atoms with Crippen molar-refractivity contribution in [3.63, 3.8) is 0 Å². The Morgan fingerprint density at radius 3 is 1.96 bits per heavy atom. The van der Waals surface area contributed by atoms with Crippen molar-refractivity contribution >= 4 is 10.8 Å². The van der Waals surface area contributed by atoms with E-state index in [1.54, 1.807) is 16.7 Å². The van der Waals surface area contributed by atoms with Crippen LogP contribution in [0, 0.1) is 0 Å². The van der Waals surface area contributed by atoms with Gasteiger partial charge in [0, 0.05) is 10.9 Å². The number of fused-ring (bicyclic) bond motifs is 1. The van der Waals surface area contributed by atoms with Gasteiger partial charge in [0.15, 0.2) is 0 Å². The van der Waals surface area contributed by atoms with Gasteiger partial charge in [-0.3, -0.25) is 9.36 Å². The van der Waals surface area contributed by atoms with Gasteiger partial charge < -0.3 is 5.11 Å². The zero-order valence-corrected chi connectivity index (χ0v) is 13.6. The first-order chi connectivity index (χ1) is 12.3. The number of hydrogen-bond donors (Lipinski definition) is 1. The standard InChI is InChI=1S/C22H17NO2/c24-21-18-13-7-8-14-19(18)22(25)23(15-16-9-3-1-4-10-16)20(21)17-11-5-2-6-12-17/h1-14,24H,15H2. The summed E-state index contributed by atoms with van der Waals surface area (Å²) in [6.07, 6.45) is 0. The lowest BCUT2D eigenvalue weighted by Gasteiger charge is -2.17. The summed E-state index contributed by atoms with van der Waals surface area (Å²) in [4.78, 5) is 13.1. The van der Waals surface area contributed by atoms with E-state index in [2.05, 4.69) is 0 Å². The van der Waals surface area contributed by atoms with E-state index in [0.29, 0.717) is 23.0 Å². The molecule has 4 aromatic rings. The van der Waals surface area contributed by atoms with Gasteiger partial charge in [0.05, 0.1) is 17.6 Å². The monoisotopic (exact) mass is 327 g/mol. The molecule has 3 heteroatoms. The van der Waals surface area contributed by atoms with Gasteiger partial charge in [0.2, 0.25) is 0 Å². The van der Waals surface area contributed by atoms with Crippen LogP contribution in [0.15, 0.2) is 89.7 Å². The van der Waals surface area contributed by atoms with Crippen molar-refractivity contribution in [2.45, 2.75) is 6.54 Å². The fourth-order valence-corrected chi connectivity index (χ4v) is 3.18. The third-order valence-electron chi connectivity index (χ3n) is 4.38. The molecule has 0 aliphatic heterocycles. The predicted molar refractivity (Wildman–Crippen MR) is 101 cm³/mol. The Balaban J connectivity index is 2.05. The molecule has 1 aromatic heterocycles. The van der Waals surface area contributed by atoms with Crippen molar-refractivity contribution in [3.8, 4) is 17.0 Å². The van der Waals surface area contributed by atoms with E-state index in [4.69, 9.17) is 0 Å². The van der Waals surface area contributed by atoms with Gasteiger partial charge >= 0.3 is 0 Å². The molecule has 3 aromatic carbocycles. The molecule has 0 amide bonds. The Hall–Kier alpha value is -3.33. The predicted octanol–water partition coefficient (Wildman–Crippen LogP) is 4.42. The van der Waals surface area contributed by atoms with Gasteiger partial charge in [-0.25, -0.2) is 0 Å². The number of rotatable bonds is 3. The highest BCUT2D eigenvalue weighted by molar-refractivity contribution is 5.92. The molecule has 1 heterocycles.